The molecule has 0 aliphatic heterocycles. The van der Waals surface area contributed by atoms with Crippen molar-refractivity contribution < 1.29 is 10.2 Å². The molecule has 0 saturated carbocycles. The molecule has 0 radical (unpaired) electrons. The molecule has 3 nitrogen and oxygen atoms in total. The van der Waals surface area contributed by atoms with Crippen molar-refractivity contribution in [2.24, 2.45) is 0 Å². The molecule has 14 heavy (non-hydrogen) atoms. The highest BCUT2D eigenvalue weighted by molar-refractivity contribution is 5.40. The van der Waals surface area contributed by atoms with E-state index < -0.39 is 0 Å². The van der Waals surface area contributed by atoms with Crippen LogP contribution in [0.3, 0.4) is 0 Å². The van der Waals surface area contributed by atoms with E-state index in [9.17, 15) is 5.11 Å². The summed E-state index contributed by atoms with van der Waals surface area (Å²) in [5.74, 6) is -0.153. The quantitative estimate of drug-likeness (QED) is 0.639. The molecule has 0 aromatic heterocycles. The van der Waals surface area contributed by atoms with Gasteiger partial charge in [-0.1, -0.05) is 12.6 Å². The van der Waals surface area contributed by atoms with Gasteiger partial charge in [0.2, 0.25) is 0 Å². The van der Waals surface area contributed by atoms with Crippen LogP contribution in [0, 0.1) is 0 Å². The molecule has 0 unspecified atom stereocenters. The summed E-state index contributed by atoms with van der Waals surface area (Å²) in [5, 5.41) is 21.4. The van der Waals surface area contributed by atoms with E-state index in [0.29, 0.717) is 0 Å². The van der Waals surface area contributed by atoms with Crippen molar-refractivity contribution in [2.45, 2.75) is 13.3 Å². The van der Waals surface area contributed by atoms with E-state index in [-0.39, 0.29) is 11.5 Å². The molecule has 76 valence electrons. The van der Waals surface area contributed by atoms with E-state index >= 15 is 0 Å². The first kappa shape index (κ1) is 10.4. The molecular weight excluding hydrogens is 178 g/mol. The highest BCUT2D eigenvalue weighted by atomic mass is 16.3. The molecular formula is C11H15NO2. The Morgan fingerprint density at radius 3 is 2.64 bits per heavy atom. The van der Waals surface area contributed by atoms with E-state index in [1.807, 2.05) is 6.92 Å². The minimum atomic E-state index is -0.0818. The number of phenols is 2. The molecule has 3 N–H and O–H groups in total. The predicted octanol–water partition coefficient (Wildman–Crippen LogP) is 1.76. The number of benzene rings is 1. The van der Waals surface area contributed by atoms with E-state index in [4.69, 9.17) is 5.11 Å². The molecule has 0 atom stereocenters. The van der Waals surface area contributed by atoms with Crippen molar-refractivity contribution in [3.8, 4) is 11.5 Å². The van der Waals surface area contributed by atoms with Crippen molar-refractivity contribution in [2.75, 3.05) is 6.54 Å². The third-order valence-corrected chi connectivity index (χ3v) is 1.88. The molecule has 0 aliphatic rings. The Labute approximate surface area is 83.7 Å². The van der Waals surface area contributed by atoms with Gasteiger partial charge in [0.05, 0.1) is 0 Å². The predicted molar refractivity (Wildman–Crippen MR) is 56.3 cm³/mol. The summed E-state index contributed by atoms with van der Waals surface area (Å²) in [6.07, 6.45) is 0.792. The monoisotopic (exact) mass is 193 g/mol. The Kier molecular flexibility index (Phi) is 3.40. The van der Waals surface area contributed by atoms with Gasteiger partial charge in [0.25, 0.3) is 0 Å². The van der Waals surface area contributed by atoms with E-state index in [1.165, 1.54) is 6.07 Å². The number of phenolic OH excluding ortho intramolecular Hbond substituents is 2. The Hall–Kier alpha value is -1.64. The second-order valence-electron chi connectivity index (χ2n) is 3.28. The largest absolute Gasteiger partial charge is 0.504 e. The number of allylic oxidation sites excluding steroid dienone is 1. The van der Waals surface area contributed by atoms with Crippen LogP contribution >= 0.6 is 0 Å². The van der Waals surface area contributed by atoms with Crippen LogP contribution in [0.4, 0.5) is 0 Å². The molecule has 0 fully saturated rings. The van der Waals surface area contributed by atoms with Gasteiger partial charge >= 0.3 is 0 Å². The Balaban J connectivity index is 2.51. The van der Waals surface area contributed by atoms with Crippen molar-refractivity contribution >= 4 is 0 Å². The lowest BCUT2D eigenvalue weighted by atomic mass is 10.1. The van der Waals surface area contributed by atoms with Crippen molar-refractivity contribution in [3.63, 3.8) is 0 Å². The smallest absolute Gasteiger partial charge is 0.157 e. The van der Waals surface area contributed by atoms with Crippen molar-refractivity contribution in [1.29, 1.82) is 0 Å². The van der Waals surface area contributed by atoms with Gasteiger partial charge < -0.3 is 15.5 Å². The highest BCUT2D eigenvalue weighted by Crippen LogP contribution is 2.24. The topological polar surface area (TPSA) is 52.5 Å². The number of rotatable bonds is 4. The SMILES string of the molecule is C=C(C)NCCc1ccc(O)c(O)c1. The first-order valence-electron chi connectivity index (χ1n) is 4.50. The molecule has 1 rings (SSSR count). The molecule has 0 amide bonds. The number of hydrogen-bond donors (Lipinski definition) is 3. The standard InChI is InChI=1S/C11H15NO2/c1-8(2)12-6-5-9-3-4-10(13)11(14)7-9/h3-4,7,12-14H,1,5-6H2,2H3. The van der Waals surface area contributed by atoms with Crippen LogP contribution in [0.5, 0.6) is 11.5 Å². The molecule has 0 saturated heterocycles. The zero-order valence-electron chi connectivity index (χ0n) is 8.25. The summed E-state index contributed by atoms with van der Waals surface area (Å²) in [6.45, 7) is 6.39. The number of aromatic hydroxyl groups is 2. The summed E-state index contributed by atoms with van der Waals surface area (Å²) in [7, 11) is 0. The minimum absolute atomic E-state index is 0.0715. The fourth-order valence-corrected chi connectivity index (χ4v) is 1.14. The Morgan fingerprint density at radius 2 is 2.07 bits per heavy atom. The molecule has 1 aromatic carbocycles. The van der Waals surface area contributed by atoms with Gasteiger partial charge in [-0.25, -0.2) is 0 Å². The average Bonchev–Trinajstić information content (AvgIpc) is 2.10. The van der Waals surface area contributed by atoms with Crippen LogP contribution in [0.1, 0.15) is 12.5 Å². The first-order valence-corrected chi connectivity index (χ1v) is 4.50. The van der Waals surface area contributed by atoms with Gasteiger partial charge in [0.1, 0.15) is 0 Å². The van der Waals surface area contributed by atoms with Crippen LogP contribution in [0.2, 0.25) is 0 Å². The fourth-order valence-electron chi connectivity index (χ4n) is 1.14. The Morgan fingerprint density at radius 1 is 1.36 bits per heavy atom. The van der Waals surface area contributed by atoms with Crippen LogP contribution < -0.4 is 5.32 Å². The normalized spacial score (nSPS) is 9.79. The minimum Gasteiger partial charge on any atom is -0.504 e. The van der Waals surface area contributed by atoms with Crippen molar-refractivity contribution in [1.82, 2.24) is 5.32 Å². The van der Waals surface area contributed by atoms with Gasteiger partial charge in [-0.3, -0.25) is 0 Å². The second-order valence-corrected chi connectivity index (χ2v) is 3.28. The zero-order valence-corrected chi connectivity index (χ0v) is 8.25. The summed E-state index contributed by atoms with van der Waals surface area (Å²) in [6, 6.07) is 4.84. The van der Waals surface area contributed by atoms with E-state index in [1.54, 1.807) is 12.1 Å². The summed E-state index contributed by atoms with van der Waals surface area (Å²) >= 11 is 0. The average molecular weight is 193 g/mol. The zero-order chi connectivity index (χ0) is 10.6. The van der Waals surface area contributed by atoms with Gasteiger partial charge in [0.15, 0.2) is 11.5 Å². The van der Waals surface area contributed by atoms with Gasteiger partial charge in [-0.05, 0) is 31.0 Å². The summed E-state index contributed by atoms with van der Waals surface area (Å²) < 4.78 is 0. The molecule has 0 spiro atoms. The van der Waals surface area contributed by atoms with E-state index in [2.05, 4.69) is 11.9 Å². The molecule has 0 bridgehead atoms. The third kappa shape index (κ3) is 3.01. The maximum absolute atomic E-state index is 9.22. The Bertz CT molecular complexity index is 334. The third-order valence-electron chi connectivity index (χ3n) is 1.88. The first-order chi connectivity index (χ1) is 6.59. The van der Waals surface area contributed by atoms with Crippen LogP contribution in [0.15, 0.2) is 30.5 Å². The molecule has 0 aliphatic carbocycles. The second kappa shape index (κ2) is 4.56. The maximum atomic E-state index is 9.22. The molecule has 1 aromatic rings. The molecule has 0 heterocycles. The summed E-state index contributed by atoms with van der Waals surface area (Å²) in [5.41, 5.74) is 1.90. The fraction of sp³-hybridized carbons (Fsp3) is 0.273. The lowest BCUT2D eigenvalue weighted by Crippen LogP contribution is -2.13. The van der Waals surface area contributed by atoms with Crippen LogP contribution in [0.25, 0.3) is 0 Å². The number of nitrogens with one attached hydrogen (secondary N) is 1. The summed E-state index contributed by atoms with van der Waals surface area (Å²) in [4.78, 5) is 0. The van der Waals surface area contributed by atoms with E-state index in [0.717, 1.165) is 24.2 Å². The van der Waals surface area contributed by atoms with Gasteiger partial charge in [-0.2, -0.15) is 0 Å². The highest BCUT2D eigenvalue weighted by Gasteiger charge is 1.99. The lowest BCUT2D eigenvalue weighted by molar-refractivity contribution is 0.403. The van der Waals surface area contributed by atoms with Crippen molar-refractivity contribution in [3.05, 3.63) is 36.0 Å². The van der Waals surface area contributed by atoms with Gasteiger partial charge in [-0.15, -0.1) is 0 Å². The van der Waals surface area contributed by atoms with Gasteiger partial charge in [0, 0.05) is 12.2 Å². The lowest BCUT2D eigenvalue weighted by Gasteiger charge is -2.05. The van der Waals surface area contributed by atoms with Crippen LogP contribution in [-0.4, -0.2) is 16.8 Å². The number of hydrogen-bond acceptors (Lipinski definition) is 3. The maximum Gasteiger partial charge on any atom is 0.157 e. The molecule has 3 heteroatoms. The van der Waals surface area contributed by atoms with Crippen LogP contribution in [-0.2, 0) is 6.42 Å².